The van der Waals surface area contributed by atoms with Crippen LogP contribution in [0.15, 0.2) is 30.3 Å². The fourth-order valence-electron chi connectivity index (χ4n) is 1.48. The van der Waals surface area contributed by atoms with E-state index in [0.717, 1.165) is 10.9 Å². The van der Waals surface area contributed by atoms with E-state index in [2.05, 4.69) is 0 Å². The second-order valence-electron chi connectivity index (χ2n) is 2.87. The van der Waals surface area contributed by atoms with E-state index in [1.54, 1.807) is 6.07 Å². The summed E-state index contributed by atoms with van der Waals surface area (Å²) in [6.07, 6.45) is 0. The van der Waals surface area contributed by atoms with Gasteiger partial charge in [-0.1, -0.05) is 18.2 Å². The topological polar surface area (TPSA) is 51.5 Å². The van der Waals surface area contributed by atoms with Crippen LogP contribution in [0, 0.1) is 0 Å². The lowest BCUT2D eigenvalue weighted by Gasteiger charge is -2.04. The van der Waals surface area contributed by atoms with Crippen molar-refractivity contribution in [2.75, 3.05) is 7.11 Å². The van der Waals surface area contributed by atoms with Gasteiger partial charge in [0.15, 0.2) is 5.69 Å². The molecule has 14 heavy (non-hydrogen) atoms. The highest BCUT2D eigenvalue weighted by molar-refractivity contribution is 5.94. The van der Waals surface area contributed by atoms with Crippen molar-refractivity contribution in [3.63, 3.8) is 0 Å². The first-order valence-corrected chi connectivity index (χ1v) is 4.12. The molecule has 4 nitrogen and oxygen atoms in total. The molecule has 0 fully saturated rings. The number of fused-ring (bicyclic) bond motifs is 1. The molecule has 1 heterocycles. The summed E-state index contributed by atoms with van der Waals surface area (Å²) in [5.41, 5.74) is 0.890. The maximum atomic E-state index is 10.8. The van der Waals surface area contributed by atoms with Crippen LogP contribution in [-0.4, -0.2) is 22.9 Å². The number of para-hydroxylation sites is 1. The number of aromatic carboxylic acids is 1. The first-order valence-electron chi connectivity index (χ1n) is 4.12. The molecule has 0 saturated carbocycles. The molecular formula is C10H9NO3. The van der Waals surface area contributed by atoms with Crippen molar-refractivity contribution >= 4 is 16.9 Å². The Bertz CT molecular complexity index is 487. The average molecular weight is 191 g/mol. The summed E-state index contributed by atoms with van der Waals surface area (Å²) in [7, 11) is 1.44. The summed E-state index contributed by atoms with van der Waals surface area (Å²) in [4.78, 5) is 15.8. The summed E-state index contributed by atoms with van der Waals surface area (Å²) in [5.74, 6) is -0.997. The van der Waals surface area contributed by atoms with Crippen molar-refractivity contribution in [1.29, 1.82) is 0 Å². The molecule has 0 aliphatic rings. The van der Waals surface area contributed by atoms with E-state index in [-0.39, 0.29) is 5.69 Å². The standard InChI is InChI=1S/C10H9NO3/c1-14-11-8-5-3-2-4-7(8)6-9(11)10(12)13/h2-6H,1H3,(H,12,13). The zero-order chi connectivity index (χ0) is 10.1. The van der Waals surface area contributed by atoms with Gasteiger partial charge in [-0.2, -0.15) is 4.73 Å². The SMILES string of the molecule is COn1c(C(=O)O)cc2ccccc21. The van der Waals surface area contributed by atoms with Crippen LogP contribution >= 0.6 is 0 Å². The Kier molecular flexibility index (Phi) is 1.89. The predicted octanol–water partition coefficient (Wildman–Crippen LogP) is 1.40. The Morgan fingerprint density at radius 2 is 2.14 bits per heavy atom. The number of benzene rings is 1. The summed E-state index contributed by atoms with van der Waals surface area (Å²) < 4.78 is 1.30. The van der Waals surface area contributed by atoms with Crippen molar-refractivity contribution < 1.29 is 14.7 Å². The number of carbonyl (C=O) groups is 1. The van der Waals surface area contributed by atoms with E-state index < -0.39 is 5.97 Å². The van der Waals surface area contributed by atoms with Gasteiger partial charge in [0.25, 0.3) is 0 Å². The minimum absolute atomic E-state index is 0.133. The molecular weight excluding hydrogens is 182 g/mol. The zero-order valence-corrected chi connectivity index (χ0v) is 7.60. The van der Waals surface area contributed by atoms with Gasteiger partial charge in [0, 0.05) is 5.39 Å². The number of aromatic nitrogens is 1. The molecule has 0 aliphatic heterocycles. The van der Waals surface area contributed by atoms with Crippen LogP contribution < -0.4 is 4.84 Å². The zero-order valence-electron chi connectivity index (χ0n) is 7.60. The summed E-state index contributed by atoms with van der Waals surface area (Å²) in [6.45, 7) is 0. The van der Waals surface area contributed by atoms with Crippen LogP contribution in [0.4, 0.5) is 0 Å². The van der Waals surface area contributed by atoms with E-state index in [1.165, 1.54) is 11.8 Å². The van der Waals surface area contributed by atoms with Crippen LogP contribution in [0.25, 0.3) is 10.9 Å². The lowest BCUT2D eigenvalue weighted by Crippen LogP contribution is -2.13. The van der Waals surface area contributed by atoms with E-state index in [4.69, 9.17) is 9.94 Å². The Hall–Kier alpha value is -1.97. The number of carboxylic acid groups (broad SMARTS) is 1. The highest BCUT2D eigenvalue weighted by Crippen LogP contribution is 2.18. The molecule has 72 valence electrons. The normalized spacial score (nSPS) is 10.4. The molecule has 0 saturated heterocycles. The van der Waals surface area contributed by atoms with Crippen molar-refractivity contribution in [3.05, 3.63) is 36.0 Å². The van der Waals surface area contributed by atoms with Crippen LogP contribution in [-0.2, 0) is 0 Å². The van der Waals surface area contributed by atoms with Crippen molar-refractivity contribution in [2.45, 2.75) is 0 Å². The van der Waals surface area contributed by atoms with Crippen LogP contribution in [0.2, 0.25) is 0 Å². The number of rotatable bonds is 2. The largest absolute Gasteiger partial charge is 0.476 e. The van der Waals surface area contributed by atoms with Gasteiger partial charge in [-0.05, 0) is 12.1 Å². The van der Waals surface area contributed by atoms with E-state index in [0.29, 0.717) is 0 Å². The molecule has 2 aromatic rings. The van der Waals surface area contributed by atoms with Gasteiger partial charge in [-0.15, -0.1) is 0 Å². The predicted molar refractivity (Wildman–Crippen MR) is 51.4 cm³/mol. The number of hydrogen-bond donors (Lipinski definition) is 1. The summed E-state index contributed by atoms with van der Waals surface area (Å²) in [5, 5.41) is 9.75. The molecule has 1 N–H and O–H groups in total. The van der Waals surface area contributed by atoms with Crippen LogP contribution in [0.3, 0.4) is 0 Å². The second-order valence-corrected chi connectivity index (χ2v) is 2.87. The quantitative estimate of drug-likeness (QED) is 0.780. The lowest BCUT2D eigenvalue weighted by molar-refractivity contribution is 0.0645. The first kappa shape index (κ1) is 8.62. The molecule has 1 aromatic heterocycles. The Morgan fingerprint density at radius 3 is 2.79 bits per heavy atom. The molecule has 0 aliphatic carbocycles. The van der Waals surface area contributed by atoms with Crippen LogP contribution in [0.5, 0.6) is 0 Å². The fourth-order valence-corrected chi connectivity index (χ4v) is 1.48. The highest BCUT2D eigenvalue weighted by Gasteiger charge is 2.14. The van der Waals surface area contributed by atoms with Crippen LogP contribution in [0.1, 0.15) is 10.5 Å². The van der Waals surface area contributed by atoms with E-state index >= 15 is 0 Å². The minimum atomic E-state index is -0.997. The van der Waals surface area contributed by atoms with Gasteiger partial charge >= 0.3 is 5.97 Å². The molecule has 0 amide bonds. The molecule has 1 aromatic carbocycles. The lowest BCUT2D eigenvalue weighted by atomic mass is 10.2. The number of hydrogen-bond acceptors (Lipinski definition) is 2. The van der Waals surface area contributed by atoms with Gasteiger partial charge in [0.05, 0.1) is 5.52 Å². The fraction of sp³-hybridized carbons (Fsp3) is 0.100. The maximum Gasteiger partial charge on any atom is 0.356 e. The molecule has 0 spiro atoms. The van der Waals surface area contributed by atoms with E-state index in [1.807, 2.05) is 24.3 Å². The average Bonchev–Trinajstić information content (AvgIpc) is 2.56. The number of nitrogens with zero attached hydrogens (tertiary/aromatic N) is 1. The Labute approximate surface area is 80.3 Å². The third-order valence-electron chi connectivity index (χ3n) is 2.07. The first-order chi connectivity index (χ1) is 6.74. The molecule has 0 unspecified atom stereocenters. The molecule has 0 atom stereocenters. The molecule has 0 radical (unpaired) electrons. The van der Waals surface area contributed by atoms with E-state index in [9.17, 15) is 4.79 Å². The van der Waals surface area contributed by atoms with Crippen molar-refractivity contribution in [2.24, 2.45) is 0 Å². The van der Waals surface area contributed by atoms with Crippen molar-refractivity contribution in [1.82, 2.24) is 4.73 Å². The maximum absolute atomic E-state index is 10.8. The van der Waals surface area contributed by atoms with Gasteiger partial charge < -0.3 is 9.94 Å². The van der Waals surface area contributed by atoms with Gasteiger partial charge in [0.1, 0.15) is 7.11 Å². The van der Waals surface area contributed by atoms with Gasteiger partial charge in [-0.25, -0.2) is 4.79 Å². The van der Waals surface area contributed by atoms with Gasteiger partial charge in [0.2, 0.25) is 0 Å². The van der Waals surface area contributed by atoms with Gasteiger partial charge in [-0.3, -0.25) is 0 Å². The Morgan fingerprint density at radius 1 is 1.43 bits per heavy atom. The summed E-state index contributed by atoms with van der Waals surface area (Å²) in [6, 6.07) is 8.93. The third kappa shape index (κ3) is 1.12. The minimum Gasteiger partial charge on any atom is -0.476 e. The van der Waals surface area contributed by atoms with Crippen molar-refractivity contribution in [3.8, 4) is 0 Å². The smallest absolute Gasteiger partial charge is 0.356 e. The molecule has 2 rings (SSSR count). The second kappa shape index (κ2) is 3.06. The summed E-state index contributed by atoms with van der Waals surface area (Å²) >= 11 is 0. The Balaban J connectivity index is 2.78. The third-order valence-corrected chi connectivity index (χ3v) is 2.07. The number of carboxylic acids is 1. The highest BCUT2D eigenvalue weighted by atomic mass is 16.6. The molecule has 4 heteroatoms. The molecule has 0 bridgehead atoms. The monoisotopic (exact) mass is 191 g/mol.